The summed E-state index contributed by atoms with van der Waals surface area (Å²) >= 11 is 0. The van der Waals surface area contributed by atoms with Crippen LogP contribution in [0, 0.1) is 23.6 Å². The van der Waals surface area contributed by atoms with Crippen LogP contribution in [0.3, 0.4) is 0 Å². The number of fused-ring (bicyclic) bond motifs is 6. The number of piperazine rings is 1. The van der Waals surface area contributed by atoms with Crippen molar-refractivity contribution >= 4 is 27.5 Å². The van der Waals surface area contributed by atoms with Gasteiger partial charge in [0.05, 0.1) is 18.0 Å². The van der Waals surface area contributed by atoms with Crippen LogP contribution in [-0.2, 0) is 0 Å². The molecule has 1 saturated carbocycles. The van der Waals surface area contributed by atoms with Crippen LogP contribution in [-0.4, -0.2) is 103 Å². The standard InChI is InChI=1S/C38H41FN6O3/c1-4-22-6-5-7-23-14-26(46)15-27(32(22)23)28-16-31-33-35(34(28)39)41-37(42-36(33)45-17-24-8-9-29(40-24)30(45)19-47-31)48-21-38(11-12-38)20-44-13-10-25(18-44)43(2)3/h1,5-7,14-16,24-25,29-30,40,46H,8-13,17-21H2,2-3H3/t24-,25+,29+,30-/m1/s1. The number of likely N-dealkylation sites (tertiary alicyclic amines) is 1. The minimum atomic E-state index is -0.519. The van der Waals surface area contributed by atoms with Gasteiger partial charge in [0.1, 0.15) is 29.4 Å². The van der Waals surface area contributed by atoms with Crippen LogP contribution < -0.4 is 19.7 Å². The SMILES string of the molecule is C#Cc1cccc2cc(O)cc(-c3cc4c5c(nc(OCC6(CN7CC[C@H](N(C)C)C7)CC6)nc5c3F)N3C[C@H]5CC[C@H](N5)[C@H]3CO4)c12. The van der Waals surface area contributed by atoms with Gasteiger partial charge < -0.3 is 34.6 Å². The topological polar surface area (TPSA) is 86.2 Å². The molecule has 1 aliphatic carbocycles. The summed E-state index contributed by atoms with van der Waals surface area (Å²) in [7, 11) is 4.31. The average Bonchev–Trinajstić information content (AvgIpc) is 3.54. The number of aromatic nitrogens is 2. The molecule has 48 heavy (non-hydrogen) atoms. The maximum atomic E-state index is 17.2. The van der Waals surface area contributed by atoms with Crippen LogP contribution >= 0.6 is 0 Å². The average molecular weight is 649 g/mol. The van der Waals surface area contributed by atoms with Crippen molar-refractivity contribution in [2.75, 3.05) is 58.4 Å². The lowest BCUT2D eigenvalue weighted by Gasteiger charge is -2.40. The molecule has 2 bridgehead atoms. The number of hydrogen-bond donors (Lipinski definition) is 2. The summed E-state index contributed by atoms with van der Waals surface area (Å²) in [4.78, 5) is 17.0. The summed E-state index contributed by atoms with van der Waals surface area (Å²) in [6.07, 6.45) is 11.4. The predicted molar refractivity (Wildman–Crippen MR) is 184 cm³/mol. The smallest absolute Gasteiger partial charge is 0.319 e. The van der Waals surface area contributed by atoms with Crippen molar-refractivity contribution in [2.24, 2.45) is 5.41 Å². The van der Waals surface area contributed by atoms with Crippen molar-refractivity contribution in [2.45, 2.75) is 56.3 Å². The molecule has 1 aromatic heterocycles. The quantitative estimate of drug-likeness (QED) is 0.275. The third kappa shape index (κ3) is 4.94. The number of aromatic hydroxyl groups is 1. The number of hydrogen-bond acceptors (Lipinski definition) is 9. The Labute approximate surface area is 280 Å². The number of phenolic OH excluding ortho intramolecular Hbond substituents is 1. The number of rotatable bonds is 7. The fourth-order valence-electron chi connectivity index (χ4n) is 8.64. The summed E-state index contributed by atoms with van der Waals surface area (Å²) in [6, 6.07) is 11.9. The first-order valence-corrected chi connectivity index (χ1v) is 17.2. The van der Waals surface area contributed by atoms with Gasteiger partial charge in [-0.1, -0.05) is 18.1 Å². The largest absolute Gasteiger partial charge is 0.508 e. The van der Waals surface area contributed by atoms with Gasteiger partial charge >= 0.3 is 6.01 Å². The second-order valence-corrected chi connectivity index (χ2v) is 14.8. The van der Waals surface area contributed by atoms with E-state index >= 15 is 4.39 Å². The molecule has 4 aliphatic heterocycles. The summed E-state index contributed by atoms with van der Waals surface area (Å²) in [5, 5.41) is 16.5. The van der Waals surface area contributed by atoms with Gasteiger partial charge in [0.15, 0.2) is 5.82 Å². The molecule has 5 heterocycles. The van der Waals surface area contributed by atoms with Crippen LogP contribution in [0.4, 0.5) is 10.2 Å². The number of ether oxygens (including phenoxy) is 2. The van der Waals surface area contributed by atoms with Crippen molar-refractivity contribution in [1.82, 2.24) is 25.1 Å². The first kappa shape index (κ1) is 29.9. The first-order valence-electron chi connectivity index (χ1n) is 17.2. The number of likely N-dealkylation sites (N-methyl/N-ethyl adjacent to an activating group) is 1. The first-order chi connectivity index (χ1) is 23.3. The van der Waals surface area contributed by atoms with Gasteiger partial charge in [-0.05, 0) is 88.0 Å². The molecule has 3 saturated heterocycles. The van der Waals surface area contributed by atoms with Crippen molar-refractivity contribution in [3.05, 3.63) is 47.8 Å². The molecule has 9 rings (SSSR count). The van der Waals surface area contributed by atoms with E-state index < -0.39 is 5.82 Å². The van der Waals surface area contributed by atoms with E-state index in [0.29, 0.717) is 58.8 Å². The van der Waals surface area contributed by atoms with Crippen molar-refractivity contribution < 1.29 is 19.0 Å². The fraction of sp³-hybridized carbons (Fsp3) is 0.474. The Balaban J connectivity index is 1.15. The molecule has 2 N–H and O–H groups in total. The van der Waals surface area contributed by atoms with Gasteiger partial charge in [0.25, 0.3) is 0 Å². The summed E-state index contributed by atoms with van der Waals surface area (Å²) in [5.41, 5.74) is 1.58. The maximum absolute atomic E-state index is 17.2. The van der Waals surface area contributed by atoms with E-state index in [-0.39, 0.29) is 40.3 Å². The molecule has 5 aliphatic rings. The van der Waals surface area contributed by atoms with E-state index in [4.69, 9.17) is 25.9 Å². The minimum absolute atomic E-state index is 0.0224. The highest BCUT2D eigenvalue weighted by atomic mass is 19.1. The third-order valence-electron chi connectivity index (χ3n) is 11.5. The van der Waals surface area contributed by atoms with Gasteiger partial charge in [-0.3, -0.25) is 0 Å². The van der Waals surface area contributed by atoms with E-state index in [2.05, 4.69) is 40.0 Å². The molecule has 4 atom stereocenters. The number of benzene rings is 3. The van der Waals surface area contributed by atoms with Gasteiger partial charge in [-0.2, -0.15) is 9.97 Å². The van der Waals surface area contributed by atoms with Gasteiger partial charge in [0, 0.05) is 59.7 Å². The van der Waals surface area contributed by atoms with E-state index in [0.717, 1.165) is 57.2 Å². The lowest BCUT2D eigenvalue weighted by molar-refractivity contribution is 0.164. The summed E-state index contributed by atoms with van der Waals surface area (Å²) in [6.45, 7) is 4.83. The molecule has 0 unspecified atom stereocenters. The normalized spacial score (nSPS) is 25.6. The van der Waals surface area contributed by atoms with Crippen molar-refractivity contribution in [1.29, 1.82) is 0 Å². The second-order valence-electron chi connectivity index (χ2n) is 14.8. The van der Waals surface area contributed by atoms with Crippen molar-refractivity contribution in [3.63, 3.8) is 0 Å². The Morgan fingerprint density at radius 1 is 1.12 bits per heavy atom. The van der Waals surface area contributed by atoms with Crippen LogP contribution in [0.2, 0.25) is 0 Å². The molecular weight excluding hydrogens is 607 g/mol. The van der Waals surface area contributed by atoms with Crippen molar-refractivity contribution in [3.8, 4) is 41.0 Å². The molecule has 3 aromatic carbocycles. The molecular formula is C38H41FN6O3. The number of anilines is 1. The number of halogens is 1. The van der Waals surface area contributed by atoms with Crippen LogP contribution in [0.15, 0.2) is 36.4 Å². The Morgan fingerprint density at radius 3 is 2.79 bits per heavy atom. The highest BCUT2D eigenvalue weighted by Crippen LogP contribution is 2.49. The molecule has 0 radical (unpaired) electrons. The van der Waals surface area contributed by atoms with E-state index in [1.807, 2.05) is 18.2 Å². The number of phenols is 1. The van der Waals surface area contributed by atoms with Crippen LogP contribution in [0.25, 0.3) is 32.8 Å². The Kier molecular flexibility index (Phi) is 6.98. The number of nitrogens with one attached hydrogen (secondary N) is 1. The predicted octanol–water partition coefficient (Wildman–Crippen LogP) is 4.77. The zero-order valence-electron chi connectivity index (χ0n) is 27.5. The minimum Gasteiger partial charge on any atom is -0.508 e. The van der Waals surface area contributed by atoms with E-state index in [1.54, 1.807) is 18.2 Å². The summed E-state index contributed by atoms with van der Waals surface area (Å²) in [5.74, 6) is 3.43. The van der Waals surface area contributed by atoms with E-state index in [1.165, 1.54) is 6.42 Å². The highest BCUT2D eigenvalue weighted by molar-refractivity contribution is 6.05. The van der Waals surface area contributed by atoms with Gasteiger partial charge in [-0.25, -0.2) is 4.39 Å². The Morgan fingerprint density at radius 2 is 2.00 bits per heavy atom. The Hall–Kier alpha value is -4.17. The monoisotopic (exact) mass is 648 g/mol. The van der Waals surface area contributed by atoms with Crippen LogP contribution in [0.1, 0.15) is 37.7 Å². The highest BCUT2D eigenvalue weighted by Gasteiger charge is 2.47. The molecule has 9 nitrogen and oxygen atoms in total. The molecule has 4 fully saturated rings. The molecule has 0 spiro atoms. The third-order valence-corrected chi connectivity index (χ3v) is 11.5. The zero-order valence-corrected chi connectivity index (χ0v) is 27.5. The second kappa shape index (κ2) is 11.2. The number of terminal acetylenes is 1. The maximum Gasteiger partial charge on any atom is 0.319 e. The fourth-order valence-corrected chi connectivity index (χ4v) is 8.64. The van der Waals surface area contributed by atoms with E-state index in [9.17, 15) is 5.11 Å². The number of nitrogens with zero attached hydrogens (tertiary/aromatic N) is 5. The molecule has 248 valence electrons. The molecule has 10 heteroatoms. The lowest BCUT2D eigenvalue weighted by atomic mass is 9.93. The van der Waals surface area contributed by atoms with Gasteiger partial charge in [-0.15, -0.1) is 6.42 Å². The lowest BCUT2D eigenvalue weighted by Crippen LogP contribution is -2.60. The zero-order chi connectivity index (χ0) is 32.7. The molecule has 4 aromatic rings. The Bertz CT molecular complexity index is 1990. The molecule has 0 amide bonds. The van der Waals surface area contributed by atoms with Crippen LogP contribution in [0.5, 0.6) is 17.5 Å². The van der Waals surface area contributed by atoms with Gasteiger partial charge in [0.2, 0.25) is 0 Å². The summed E-state index contributed by atoms with van der Waals surface area (Å²) < 4.78 is 30.2.